The molecule has 4 heteroatoms. The molecule has 3 rings (SSSR count). The molecule has 0 atom stereocenters. The van der Waals surface area contributed by atoms with Crippen molar-refractivity contribution in [3.05, 3.63) is 32.8 Å². The van der Waals surface area contributed by atoms with Crippen molar-refractivity contribution < 1.29 is 0 Å². The zero-order chi connectivity index (χ0) is 10.3. The second-order valence-electron chi connectivity index (χ2n) is 3.73. The zero-order valence-electron chi connectivity index (χ0n) is 7.98. The van der Waals surface area contributed by atoms with Gasteiger partial charge >= 0.3 is 0 Å². The van der Waals surface area contributed by atoms with Crippen LogP contribution in [0.3, 0.4) is 0 Å². The average molecular weight is 328 g/mol. The van der Waals surface area contributed by atoms with Crippen molar-refractivity contribution in [2.24, 2.45) is 0 Å². The van der Waals surface area contributed by atoms with Gasteiger partial charge in [-0.05, 0) is 47.6 Å². The number of hydrogen-bond donors (Lipinski definition) is 0. The average Bonchev–Trinajstić information content (AvgIpc) is 2.99. The van der Waals surface area contributed by atoms with Gasteiger partial charge in [0.05, 0.1) is 0 Å². The molecule has 1 aromatic heterocycles. The van der Waals surface area contributed by atoms with E-state index in [-0.39, 0.29) is 0 Å². The van der Waals surface area contributed by atoms with Gasteiger partial charge in [-0.3, -0.25) is 0 Å². The fraction of sp³-hybridized carbons (Fsp3) is 0.273. The van der Waals surface area contributed by atoms with Gasteiger partial charge in [0.2, 0.25) is 0 Å². The van der Waals surface area contributed by atoms with Crippen LogP contribution in [0.5, 0.6) is 0 Å². The number of aromatic nitrogens is 2. The Morgan fingerprint density at radius 2 is 1.87 bits per heavy atom. The standard InChI is InChI=1S/C11H9IN2S/c12-9-5-3-8(4-6-9)11-14-13-10(15-11)7-1-2-7/h3-7H,1-2H2. The second-order valence-corrected chi connectivity index (χ2v) is 5.98. The molecule has 1 aliphatic carbocycles. The summed E-state index contributed by atoms with van der Waals surface area (Å²) in [5.41, 5.74) is 1.18. The highest BCUT2D eigenvalue weighted by molar-refractivity contribution is 14.1. The van der Waals surface area contributed by atoms with Crippen LogP contribution in [0.2, 0.25) is 0 Å². The van der Waals surface area contributed by atoms with Gasteiger partial charge in [0.1, 0.15) is 10.0 Å². The van der Waals surface area contributed by atoms with Crippen molar-refractivity contribution in [2.75, 3.05) is 0 Å². The highest BCUT2D eigenvalue weighted by Crippen LogP contribution is 2.42. The van der Waals surface area contributed by atoms with Crippen LogP contribution in [-0.4, -0.2) is 10.2 Å². The first-order valence-corrected chi connectivity index (χ1v) is 6.82. The van der Waals surface area contributed by atoms with Gasteiger partial charge < -0.3 is 0 Å². The Hall–Kier alpha value is -0.490. The predicted molar refractivity (Wildman–Crippen MR) is 70.0 cm³/mol. The molecule has 0 unspecified atom stereocenters. The van der Waals surface area contributed by atoms with Crippen molar-refractivity contribution in [1.82, 2.24) is 10.2 Å². The lowest BCUT2D eigenvalue weighted by Crippen LogP contribution is -1.77. The van der Waals surface area contributed by atoms with E-state index >= 15 is 0 Å². The largest absolute Gasteiger partial charge is 0.147 e. The molecular formula is C11H9IN2S. The maximum atomic E-state index is 4.24. The number of benzene rings is 1. The van der Waals surface area contributed by atoms with Gasteiger partial charge in [0.15, 0.2) is 0 Å². The maximum Gasteiger partial charge on any atom is 0.147 e. The topological polar surface area (TPSA) is 25.8 Å². The predicted octanol–water partition coefficient (Wildman–Crippen LogP) is 3.69. The van der Waals surface area contributed by atoms with Crippen LogP contribution in [0.1, 0.15) is 23.8 Å². The van der Waals surface area contributed by atoms with E-state index in [1.165, 1.54) is 27.0 Å². The number of nitrogens with zero attached hydrogens (tertiary/aromatic N) is 2. The molecule has 0 saturated heterocycles. The molecule has 0 radical (unpaired) electrons. The highest BCUT2D eigenvalue weighted by Gasteiger charge is 2.27. The summed E-state index contributed by atoms with van der Waals surface area (Å²) in [5.74, 6) is 0.708. The van der Waals surface area contributed by atoms with Gasteiger partial charge in [-0.2, -0.15) is 0 Å². The number of hydrogen-bond acceptors (Lipinski definition) is 3. The molecule has 15 heavy (non-hydrogen) atoms. The van der Waals surface area contributed by atoms with Gasteiger partial charge in [-0.25, -0.2) is 0 Å². The van der Waals surface area contributed by atoms with Crippen LogP contribution >= 0.6 is 33.9 Å². The van der Waals surface area contributed by atoms with E-state index in [4.69, 9.17) is 0 Å². The Balaban J connectivity index is 1.93. The lowest BCUT2D eigenvalue weighted by molar-refractivity contribution is 0.978. The van der Waals surface area contributed by atoms with E-state index in [9.17, 15) is 0 Å². The van der Waals surface area contributed by atoms with Crippen LogP contribution in [-0.2, 0) is 0 Å². The molecule has 0 amide bonds. The van der Waals surface area contributed by atoms with Crippen LogP contribution in [0.15, 0.2) is 24.3 Å². The van der Waals surface area contributed by atoms with E-state index < -0.39 is 0 Å². The van der Waals surface area contributed by atoms with Crippen molar-refractivity contribution in [2.45, 2.75) is 18.8 Å². The summed E-state index contributed by atoms with van der Waals surface area (Å²) in [5, 5.41) is 10.7. The highest BCUT2D eigenvalue weighted by atomic mass is 127. The zero-order valence-corrected chi connectivity index (χ0v) is 11.0. The third kappa shape index (κ3) is 2.06. The van der Waals surface area contributed by atoms with Crippen LogP contribution in [0.4, 0.5) is 0 Å². The van der Waals surface area contributed by atoms with Gasteiger partial charge in [0, 0.05) is 15.1 Å². The smallest absolute Gasteiger partial charge is 0.143 e. The lowest BCUT2D eigenvalue weighted by Gasteiger charge is -1.94. The van der Waals surface area contributed by atoms with Gasteiger partial charge in [0.25, 0.3) is 0 Å². The third-order valence-corrected chi connectivity index (χ3v) is 4.31. The molecule has 1 fully saturated rings. The van der Waals surface area contributed by atoms with E-state index in [1.54, 1.807) is 11.3 Å². The van der Waals surface area contributed by atoms with Crippen LogP contribution < -0.4 is 0 Å². The quantitative estimate of drug-likeness (QED) is 0.786. The summed E-state index contributed by atoms with van der Waals surface area (Å²) in [4.78, 5) is 0. The molecule has 1 aliphatic rings. The maximum absolute atomic E-state index is 4.24. The minimum absolute atomic E-state index is 0.708. The first-order chi connectivity index (χ1) is 7.33. The summed E-state index contributed by atoms with van der Waals surface area (Å²) in [6.45, 7) is 0. The van der Waals surface area contributed by atoms with E-state index in [1.807, 2.05) is 0 Å². The molecule has 0 aliphatic heterocycles. The van der Waals surface area contributed by atoms with Crippen LogP contribution in [0.25, 0.3) is 10.6 Å². The first kappa shape index (κ1) is 9.72. The van der Waals surface area contributed by atoms with E-state index in [2.05, 4.69) is 57.1 Å². The summed E-state index contributed by atoms with van der Waals surface area (Å²) >= 11 is 4.05. The minimum atomic E-state index is 0.708. The molecule has 2 aromatic rings. The van der Waals surface area contributed by atoms with Gasteiger partial charge in [-0.1, -0.05) is 23.5 Å². The SMILES string of the molecule is Ic1ccc(-c2nnc(C3CC3)s2)cc1. The Bertz CT molecular complexity index is 474. The molecule has 0 spiro atoms. The molecule has 76 valence electrons. The lowest BCUT2D eigenvalue weighted by atomic mass is 10.2. The normalized spacial score (nSPS) is 15.5. The fourth-order valence-corrected chi connectivity index (χ4v) is 2.82. The van der Waals surface area contributed by atoms with Gasteiger partial charge in [-0.15, -0.1) is 10.2 Å². The Morgan fingerprint density at radius 3 is 2.53 bits per heavy atom. The molecule has 2 nitrogen and oxygen atoms in total. The van der Waals surface area contributed by atoms with Crippen LogP contribution in [0, 0.1) is 3.57 Å². The molecule has 1 heterocycles. The first-order valence-electron chi connectivity index (χ1n) is 4.92. The fourth-order valence-electron chi connectivity index (χ4n) is 1.44. The van der Waals surface area contributed by atoms with Crippen molar-refractivity contribution in [3.63, 3.8) is 0 Å². The summed E-state index contributed by atoms with van der Waals surface area (Å²) in [7, 11) is 0. The van der Waals surface area contributed by atoms with Crippen molar-refractivity contribution in [1.29, 1.82) is 0 Å². The summed E-state index contributed by atoms with van der Waals surface area (Å²) in [6.07, 6.45) is 2.59. The third-order valence-electron chi connectivity index (χ3n) is 2.46. The number of halogens is 1. The Kier molecular flexibility index (Phi) is 2.48. The van der Waals surface area contributed by atoms with E-state index in [0.29, 0.717) is 5.92 Å². The summed E-state index contributed by atoms with van der Waals surface area (Å²) < 4.78 is 1.25. The molecular weight excluding hydrogens is 319 g/mol. The Morgan fingerprint density at radius 1 is 1.13 bits per heavy atom. The monoisotopic (exact) mass is 328 g/mol. The minimum Gasteiger partial charge on any atom is -0.143 e. The summed E-state index contributed by atoms with van der Waals surface area (Å²) in [6, 6.07) is 8.43. The Labute approximate surface area is 106 Å². The molecule has 0 N–H and O–H groups in total. The second kappa shape index (κ2) is 3.83. The van der Waals surface area contributed by atoms with Crippen molar-refractivity contribution in [3.8, 4) is 10.6 Å². The number of rotatable bonds is 2. The van der Waals surface area contributed by atoms with E-state index in [0.717, 1.165) is 5.01 Å². The molecule has 1 aromatic carbocycles. The molecule has 0 bridgehead atoms. The molecule has 1 saturated carbocycles. The van der Waals surface area contributed by atoms with Crippen molar-refractivity contribution >= 4 is 33.9 Å².